The number of aromatic nitrogens is 1. The van der Waals surface area contributed by atoms with Crippen molar-refractivity contribution in [1.82, 2.24) is 10.5 Å². The van der Waals surface area contributed by atoms with Gasteiger partial charge in [-0.25, -0.2) is 0 Å². The third-order valence-corrected chi connectivity index (χ3v) is 7.17. The molecule has 2 heterocycles. The van der Waals surface area contributed by atoms with Gasteiger partial charge in [0, 0.05) is 33.9 Å². The molecular weight excluding hydrogens is 564 g/mol. The Morgan fingerprint density at radius 2 is 1.60 bits per heavy atom. The number of nitrogens with one attached hydrogen (secondary N) is 3. The van der Waals surface area contributed by atoms with Crippen molar-refractivity contribution in [3.05, 3.63) is 125 Å². The molecule has 0 radical (unpaired) electrons. The van der Waals surface area contributed by atoms with Gasteiger partial charge >= 0.3 is 0 Å². The van der Waals surface area contributed by atoms with E-state index >= 15 is 0 Å². The van der Waals surface area contributed by atoms with Gasteiger partial charge < -0.3 is 24.9 Å². The van der Waals surface area contributed by atoms with Gasteiger partial charge in [-0.1, -0.05) is 53.2 Å². The van der Waals surface area contributed by atoms with Crippen molar-refractivity contribution in [1.29, 1.82) is 0 Å². The Morgan fingerprint density at radius 3 is 2.30 bits per heavy atom. The summed E-state index contributed by atoms with van der Waals surface area (Å²) in [4.78, 5) is 39.3. The number of carbonyl (C=O) groups excluding carboxylic acids is 3. The average molecular weight is 593 g/mol. The van der Waals surface area contributed by atoms with Crippen LogP contribution >= 0.6 is 11.8 Å². The van der Waals surface area contributed by atoms with Gasteiger partial charge in [-0.2, -0.15) is 0 Å². The molecule has 3 amide bonds. The first kappa shape index (κ1) is 29.2. The Hall–Kier alpha value is -5.35. The summed E-state index contributed by atoms with van der Waals surface area (Å²) >= 11 is 1.33. The topological polar surface area (TPSA) is 126 Å². The molecule has 9 nitrogen and oxygen atoms in total. The number of amides is 3. The quantitative estimate of drug-likeness (QED) is 0.122. The van der Waals surface area contributed by atoms with E-state index in [0.717, 1.165) is 16.0 Å². The summed E-state index contributed by atoms with van der Waals surface area (Å²) in [6.07, 6.45) is 1.49. The minimum atomic E-state index is -0.528. The van der Waals surface area contributed by atoms with Crippen molar-refractivity contribution in [2.75, 3.05) is 16.4 Å². The van der Waals surface area contributed by atoms with Crippen LogP contribution in [0.1, 0.15) is 27.4 Å². The largest absolute Gasteiger partial charge is 0.457 e. The monoisotopic (exact) mass is 592 g/mol. The van der Waals surface area contributed by atoms with Crippen molar-refractivity contribution in [3.8, 4) is 11.3 Å². The third-order valence-electron chi connectivity index (χ3n) is 6.16. The molecule has 10 heteroatoms. The lowest BCUT2D eigenvalue weighted by molar-refractivity contribution is -0.114. The summed E-state index contributed by atoms with van der Waals surface area (Å²) in [5.74, 6) is 1.00. The van der Waals surface area contributed by atoms with Gasteiger partial charge in [0.05, 0.1) is 5.75 Å². The summed E-state index contributed by atoms with van der Waals surface area (Å²) in [6, 6.07) is 28.7. The number of benzene rings is 3. The lowest BCUT2D eigenvalue weighted by Gasteiger charge is -2.11. The van der Waals surface area contributed by atoms with E-state index in [2.05, 4.69) is 21.1 Å². The predicted octanol–water partition coefficient (Wildman–Crippen LogP) is 6.69. The van der Waals surface area contributed by atoms with E-state index in [1.807, 2.05) is 43.3 Å². The summed E-state index contributed by atoms with van der Waals surface area (Å²) in [7, 11) is 0. The van der Waals surface area contributed by atoms with Gasteiger partial charge in [0.15, 0.2) is 5.82 Å². The molecule has 216 valence electrons. The van der Waals surface area contributed by atoms with Crippen LogP contribution in [0.2, 0.25) is 0 Å². The molecule has 0 unspecified atom stereocenters. The standard InChI is InChI=1S/C33H28N4O5S/c1-21-8-10-23(11-9-21)29-17-14-26(41-29)19-28(35-32(39)24-6-4-3-5-7-24)33(40)34-25-12-15-27(16-13-25)43-20-31(38)36-30-18-22(2)42-37-30/h3-19H,20H2,1-2H3,(H,34,40)(H,35,39)(H,36,37,38). The van der Waals surface area contributed by atoms with Crippen LogP contribution in [0.3, 0.4) is 0 Å². The van der Waals surface area contributed by atoms with Crippen LogP contribution in [0, 0.1) is 13.8 Å². The lowest BCUT2D eigenvalue weighted by Crippen LogP contribution is -2.30. The van der Waals surface area contributed by atoms with E-state index in [4.69, 9.17) is 8.94 Å². The molecule has 2 aromatic heterocycles. The van der Waals surface area contributed by atoms with E-state index in [-0.39, 0.29) is 17.4 Å². The first-order valence-corrected chi connectivity index (χ1v) is 14.3. The minimum Gasteiger partial charge on any atom is -0.457 e. The highest BCUT2D eigenvalue weighted by molar-refractivity contribution is 8.00. The zero-order valence-electron chi connectivity index (χ0n) is 23.4. The van der Waals surface area contributed by atoms with E-state index in [1.54, 1.807) is 67.6 Å². The molecular formula is C33H28N4O5S. The molecule has 3 aromatic carbocycles. The van der Waals surface area contributed by atoms with Crippen molar-refractivity contribution in [3.63, 3.8) is 0 Å². The number of rotatable bonds is 10. The molecule has 0 aliphatic heterocycles. The van der Waals surface area contributed by atoms with Crippen molar-refractivity contribution in [2.45, 2.75) is 18.7 Å². The number of hydrogen-bond acceptors (Lipinski definition) is 7. The Labute approximate surface area is 252 Å². The van der Waals surface area contributed by atoms with Gasteiger partial charge in [-0.3, -0.25) is 14.4 Å². The highest BCUT2D eigenvalue weighted by Gasteiger charge is 2.17. The first-order chi connectivity index (χ1) is 20.8. The maximum absolute atomic E-state index is 13.4. The van der Waals surface area contributed by atoms with Crippen LogP contribution in [0.15, 0.2) is 117 Å². The second-order valence-electron chi connectivity index (χ2n) is 9.58. The summed E-state index contributed by atoms with van der Waals surface area (Å²) in [5, 5.41) is 12.0. The fourth-order valence-corrected chi connectivity index (χ4v) is 4.67. The number of furan rings is 1. The smallest absolute Gasteiger partial charge is 0.272 e. The second kappa shape index (κ2) is 13.5. The number of nitrogens with zero attached hydrogens (tertiary/aromatic N) is 1. The number of thioether (sulfide) groups is 1. The third kappa shape index (κ3) is 8.11. The van der Waals surface area contributed by atoms with E-state index < -0.39 is 11.8 Å². The van der Waals surface area contributed by atoms with E-state index in [0.29, 0.717) is 34.3 Å². The summed E-state index contributed by atoms with van der Waals surface area (Å²) < 4.78 is 10.9. The molecule has 3 N–H and O–H groups in total. The molecule has 0 aliphatic rings. The number of aryl methyl sites for hydroxylation is 2. The van der Waals surface area contributed by atoms with Gasteiger partial charge in [0.2, 0.25) is 5.91 Å². The van der Waals surface area contributed by atoms with Crippen molar-refractivity contribution in [2.24, 2.45) is 0 Å². The van der Waals surface area contributed by atoms with E-state index in [9.17, 15) is 14.4 Å². The molecule has 0 bridgehead atoms. The van der Waals surface area contributed by atoms with Crippen LogP contribution < -0.4 is 16.0 Å². The Bertz CT molecular complexity index is 1760. The number of anilines is 2. The highest BCUT2D eigenvalue weighted by Crippen LogP contribution is 2.25. The van der Waals surface area contributed by atoms with Gasteiger partial charge in [0.25, 0.3) is 11.8 Å². The van der Waals surface area contributed by atoms with Gasteiger partial charge in [0.1, 0.15) is 23.0 Å². The maximum Gasteiger partial charge on any atom is 0.272 e. The predicted molar refractivity (Wildman–Crippen MR) is 166 cm³/mol. The Kier molecular flexibility index (Phi) is 9.18. The lowest BCUT2D eigenvalue weighted by atomic mass is 10.1. The van der Waals surface area contributed by atoms with Crippen LogP contribution in [0.25, 0.3) is 17.4 Å². The molecule has 43 heavy (non-hydrogen) atoms. The molecule has 0 saturated carbocycles. The molecule has 0 spiro atoms. The van der Waals surface area contributed by atoms with Gasteiger partial charge in [-0.15, -0.1) is 11.8 Å². The van der Waals surface area contributed by atoms with Crippen LogP contribution in [0.4, 0.5) is 11.5 Å². The highest BCUT2D eigenvalue weighted by atomic mass is 32.2. The summed E-state index contributed by atoms with van der Waals surface area (Å²) in [6.45, 7) is 3.75. The minimum absolute atomic E-state index is 0.0110. The first-order valence-electron chi connectivity index (χ1n) is 13.3. The van der Waals surface area contributed by atoms with Crippen LogP contribution in [-0.2, 0) is 9.59 Å². The molecule has 5 aromatic rings. The molecule has 0 atom stereocenters. The summed E-state index contributed by atoms with van der Waals surface area (Å²) in [5.41, 5.74) is 2.96. The van der Waals surface area contributed by atoms with Crippen LogP contribution in [0.5, 0.6) is 0 Å². The molecule has 5 rings (SSSR count). The molecule has 0 fully saturated rings. The zero-order chi connectivity index (χ0) is 30.2. The van der Waals surface area contributed by atoms with Crippen molar-refractivity contribution < 1.29 is 23.3 Å². The second-order valence-corrected chi connectivity index (χ2v) is 10.6. The van der Waals surface area contributed by atoms with Crippen LogP contribution in [-0.4, -0.2) is 28.6 Å². The Morgan fingerprint density at radius 1 is 0.860 bits per heavy atom. The number of hydrogen-bond donors (Lipinski definition) is 3. The van der Waals surface area contributed by atoms with E-state index in [1.165, 1.54) is 17.8 Å². The van der Waals surface area contributed by atoms with Crippen molar-refractivity contribution >= 4 is 47.1 Å². The zero-order valence-corrected chi connectivity index (χ0v) is 24.2. The maximum atomic E-state index is 13.4. The SMILES string of the molecule is Cc1ccc(-c2ccc(C=C(NC(=O)c3ccccc3)C(=O)Nc3ccc(SCC(=O)Nc4cc(C)on4)cc3)o2)cc1. The fourth-order valence-electron chi connectivity index (χ4n) is 3.97. The average Bonchev–Trinajstić information content (AvgIpc) is 3.65. The molecule has 0 saturated heterocycles. The molecule has 0 aliphatic carbocycles. The number of carbonyl (C=O) groups is 3. The normalized spacial score (nSPS) is 11.2. The van der Waals surface area contributed by atoms with Gasteiger partial charge in [-0.05, 0) is 62.4 Å². The Balaban J connectivity index is 1.27. The fraction of sp³-hybridized carbons (Fsp3) is 0.0909.